The third-order valence-corrected chi connectivity index (χ3v) is 3.85. The van der Waals surface area contributed by atoms with Crippen LogP contribution in [0.25, 0.3) is 0 Å². The third-order valence-electron chi connectivity index (χ3n) is 3.85. The number of piperidine rings is 1. The predicted octanol–water partition coefficient (Wildman–Crippen LogP) is 2.64. The van der Waals surface area contributed by atoms with Gasteiger partial charge < -0.3 is 15.4 Å². The lowest BCUT2D eigenvalue weighted by atomic mass is 9.92. The molecule has 0 saturated carbocycles. The summed E-state index contributed by atoms with van der Waals surface area (Å²) in [4.78, 5) is 18.1. The smallest absolute Gasteiger partial charge is 0.422 e. The molecule has 9 heteroatoms. The van der Waals surface area contributed by atoms with Crippen LogP contribution in [0.1, 0.15) is 30.3 Å². The van der Waals surface area contributed by atoms with Crippen molar-refractivity contribution >= 4 is 18.3 Å². The zero-order valence-electron chi connectivity index (χ0n) is 13.3. The Morgan fingerprint density at radius 1 is 1.54 bits per heavy atom. The largest absolute Gasteiger partial charge is 0.482 e. The number of nitrogens with zero attached hydrogens (tertiary/aromatic N) is 2. The topological polar surface area (TPSA) is 68.5 Å². The number of hydrogen-bond donors (Lipinski definition) is 1. The minimum Gasteiger partial charge on any atom is -0.482 e. The summed E-state index contributed by atoms with van der Waals surface area (Å²) in [6.07, 6.45) is -1.37. The number of aromatic nitrogens is 1. The van der Waals surface area contributed by atoms with Crippen LogP contribution in [-0.2, 0) is 0 Å². The van der Waals surface area contributed by atoms with Gasteiger partial charge in [-0.3, -0.25) is 4.79 Å². The van der Waals surface area contributed by atoms with Gasteiger partial charge in [0.2, 0.25) is 0 Å². The molecule has 1 aliphatic heterocycles. The molecule has 0 aromatic carbocycles. The van der Waals surface area contributed by atoms with E-state index >= 15 is 0 Å². The van der Waals surface area contributed by atoms with Gasteiger partial charge in [0.25, 0.3) is 5.91 Å². The lowest BCUT2D eigenvalue weighted by molar-refractivity contribution is -0.153. The van der Waals surface area contributed by atoms with E-state index in [1.54, 1.807) is 4.90 Å². The van der Waals surface area contributed by atoms with E-state index in [0.717, 1.165) is 12.8 Å². The normalized spacial score (nSPS) is 19.4. The van der Waals surface area contributed by atoms with Crippen molar-refractivity contribution < 1.29 is 22.7 Å². The van der Waals surface area contributed by atoms with Gasteiger partial charge in [0.05, 0.1) is 0 Å². The Kier molecular flexibility index (Phi) is 7.28. The standard InChI is InChI=1S/C15H20F3N3O2.ClH/c1-10(19)11-4-3-7-21(8-11)14(22)13-12(5-2-6-20-13)23-9-15(16,17)18;/h2,5-6,10-11H,3-4,7-9,19H2,1H3;1H/t10-,11-;/m1./s1. The first kappa shape index (κ1) is 20.5. The van der Waals surface area contributed by atoms with Crippen LogP contribution in [0.2, 0.25) is 0 Å². The lowest BCUT2D eigenvalue weighted by Crippen LogP contribution is -2.45. The Bertz CT molecular complexity index is 555. The highest BCUT2D eigenvalue weighted by Crippen LogP contribution is 2.25. The average Bonchev–Trinajstić information content (AvgIpc) is 2.52. The van der Waals surface area contributed by atoms with Crippen molar-refractivity contribution in [2.45, 2.75) is 32.0 Å². The number of likely N-dealkylation sites (tertiary alicyclic amines) is 1. The molecule has 1 saturated heterocycles. The Balaban J connectivity index is 0.00000288. The minimum absolute atomic E-state index is 0. The second-order valence-corrected chi connectivity index (χ2v) is 5.77. The molecular formula is C15H21ClF3N3O2. The Morgan fingerprint density at radius 3 is 2.88 bits per heavy atom. The van der Waals surface area contributed by atoms with Crippen LogP contribution in [0.3, 0.4) is 0 Å². The molecule has 2 N–H and O–H groups in total. The maximum absolute atomic E-state index is 12.6. The van der Waals surface area contributed by atoms with Crippen molar-refractivity contribution in [2.75, 3.05) is 19.7 Å². The Labute approximate surface area is 144 Å². The Hall–Kier alpha value is -1.54. The molecule has 0 aliphatic carbocycles. The fourth-order valence-corrected chi connectivity index (χ4v) is 2.60. The van der Waals surface area contributed by atoms with Gasteiger partial charge in [-0.05, 0) is 37.8 Å². The first-order chi connectivity index (χ1) is 10.8. The van der Waals surface area contributed by atoms with Crippen molar-refractivity contribution in [1.82, 2.24) is 9.88 Å². The Morgan fingerprint density at radius 2 is 2.25 bits per heavy atom. The molecule has 0 unspecified atom stereocenters. The van der Waals surface area contributed by atoms with E-state index in [2.05, 4.69) is 4.98 Å². The van der Waals surface area contributed by atoms with Gasteiger partial charge in [0, 0.05) is 25.3 Å². The molecule has 136 valence electrons. The van der Waals surface area contributed by atoms with E-state index < -0.39 is 18.7 Å². The van der Waals surface area contributed by atoms with E-state index in [-0.39, 0.29) is 35.8 Å². The summed E-state index contributed by atoms with van der Waals surface area (Å²) in [5.74, 6) is -0.401. The highest BCUT2D eigenvalue weighted by molar-refractivity contribution is 5.95. The first-order valence-corrected chi connectivity index (χ1v) is 7.47. The first-order valence-electron chi connectivity index (χ1n) is 7.47. The zero-order chi connectivity index (χ0) is 17.0. The number of hydrogen-bond acceptors (Lipinski definition) is 4. The summed E-state index contributed by atoms with van der Waals surface area (Å²) in [5.41, 5.74) is 5.80. The molecule has 0 bridgehead atoms. The molecule has 2 heterocycles. The summed E-state index contributed by atoms with van der Waals surface area (Å²) in [7, 11) is 0. The highest BCUT2D eigenvalue weighted by atomic mass is 35.5. The van der Waals surface area contributed by atoms with Gasteiger partial charge in [-0.15, -0.1) is 12.4 Å². The van der Waals surface area contributed by atoms with Gasteiger partial charge in [-0.1, -0.05) is 0 Å². The molecule has 24 heavy (non-hydrogen) atoms. The molecule has 0 spiro atoms. The summed E-state index contributed by atoms with van der Waals surface area (Å²) < 4.78 is 41.7. The van der Waals surface area contributed by atoms with Crippen LogP contribution >= 0.6 is 12.4 Å². The van der Waals surface area contributed by atoms with Gasteiger partial charge in [-0.2, -0.15) is 13.2 Å². The van der Waals surface area contributed by atoms with E-state index in [0.29, 0.717) is 13.1 Å². The molecule has 1 aliphatic rings. The van der Waals surface area contributed by atoms with Crippen LogP contribution in [0.15, 0.2) is 18.3 Å². The second-order valence-electron chi connectivity index (χ2n) is 5.77. The molecule has 0 radical (unpaired) electrons. The molecule has 5 nitrogen and oxygen atoms in total. The molecule has 1 fully saturated rings. The van der Waals surface area contributed by atoms with Gasteiger partial charge in [0.15, 0.2) is 18.1 Å². The van der Waals surface area contributed by atoms with Gasteiger partial charge in [0.1, 0.15) is 0 Å². The number of pyridine rings is 1. The molecule has 2 rings (SSSR count). The van der Waals surface area contributed by atoms with Crippen LogP contribution in [0.4, 0.5) is 13.2 Å². The minimum atomic E-state index is -4.47. The number of carbonyl (C=O) groups excluding carboxylic acids is 1. The van der Waals surface area contributed by atoms with Crippen molar-refractivity contribution in [3.63, 3.8) is 0 Å². The van der Waals surface area contributed by atoms with Gasteiger partial charge in [-0.25, -0.2) is 4.98 Å². The van der Waals surface area contributed by atoms with Crippen molar-refractivity contribution in [2.24, 2.45) is 11.7 Å². The van der Waals surface area contributed by atoms with E-state index in [1.807, 2.05) is 6.92 Å². The molecule has 1 aromatic rings. The number of amides is 1. The molecular weight excluding hydrogens is 347 g/mol. The highest BCUT2D eigenvalue weighted by Gasteiger charge is 2.31. The number of ether oxygens (including phenoxy) is 1. The number of alkyl halides is 3. The fourth-order valence-electron chi connectivity index (χ4n) is 2.60. The second kappa shape index (κ2) is 8.53. The monoisotopic (exact) mass is 367 g/mol. The summed E-state index contributed by atoms with van der Waals surface area (Å²) >= 11 is 0. The maximum Gasteiger partial charge on any atom is 0.422 e. The quantitative estimate of drug-likeness (QED) is 0.888. The molecule has 1 aromatic heterocycles. The third kappa shape index (κ3) is 5.52. The lowest BCUT2D eigenvalue weighted by Gasteiger charge is -2.34. The van der Waals surface area contributed by atoms with E-state index in [1.165, 1.54) is 18.3 Å². The van der Waals surface area contributed by atoms with Crippen molar-refractivity contribution in [3.05, 3.63) is 24.0 Å². The van der Waals surface area contributed by atoms with Crippen LogP contribution in [0.5, 0.6) is 5.75 Å². The molecule has 2 atom stereocenters. The molecule has 1 amide bonds. The zero-order valence-corrected chi connectivity index (χ0v) is 14.1. The maximum atomic E-state index is 12.6. The number of rotatable bonds is 4. The number of halogens is 4. The van der Waals surface area contributed by atoms with Gasteiger partial charge >= 0.3 is 6.18 Å². The van der Waals surface area contributed by atoms with Crippen molar-refractivity contribution in [3.8, 4) is 5.75 Å². The van der Waals surface area contributed by atoms with Crippen LogP contribution in [-0.4, -0.2) is 47.7 Å². The number of nitrogens with two attached hydrogens (primary N) is 1. The van der Waals surface area contributed by atoms with E-state index in [9.17, 15) is 18.0 Å². The van der Waals surface area contributed by atoms with E-state index in [4.69, 9.17) is 10.5 Å². The van der Waals surface area contributed by atoms with Crippen LogP contribution < -0.4 is 10.5 Å². The van der Waals surface area contributed by atoms with Crippen LogP contribution in [0, 0.1) is 5.92 Å². The fraction of sp³-hybridized carbons (Fsp3) is 0.600. The summed E-state index contributed by atoms with van der Waals surface area (Å²) in [5, 5.41) is 0. The van der Waals surface area contributed by atoms with Crippen molar-refractivity contribution in [1.29, 1.82) is 0 Å². The summed E-state index contributed by atoms with van der Waals surface area (Å²) in [6, 6.07) is 2.71. The number of carbonyl (C=O) groups is 1. The summed E-state index contributed by atoms with van der Waals surface area (Å²) in [6.45, 7) is 1.45. The predicted molar refractivity (Wildman–Crippen MR) is 85.3 cm³/mol. The average molecular weight is 368 g/mol. The SMILES string of the molecule is C[C@@H](N)[C@@H]1CCCN(C(=O)c2ncccc2OCC(F)(F)F)C1.Cl.